The summed E-state index contributed by atoms with van der Waals surface area (Å²) >= 11 is 0. The van der Waals surface area contributed by atoms with Crippen LogP contribution in [0.1, 0.15) is 5.56 Å². The summed E-state index contributed by atoms with van der Waals surface area (Å²) in [7, 11) is 1.60. The number of benzene rings is 1. The minimum Gasteiger partial charge on any atom is -0.496 e. The predicted octanol–water partition coefficient (Wildman–Crippen LogP) is 1.75. The standard InChI is InChI=1S/C14H19FN2O/c1-18-14-5-4-13(15)11-12(14)3-2-8-17-9-6-16-7-10-17/h2-5,11,16H,6-10H2,1H3/b3-2+. The van der Waals surface area contributed by atoms with E-state index in [4.69, 9.17) is 4.74 Å². The van der Waals surface area contributed by atoms with Crippen molar-refractivity contribution in [2.45, 2.75) is 0 Å². The molecule has 0 saturated carbocycles. The molecule has 3 nitrogen and oxygen atoms in total. The largest absolute Gasteiger partial charge is 0.496 e. The smallest absolute Gasteiger partial charge is 0.126 e. The molecule has 1 fully saturated rings. The molecule has 1 heterocycles. The Morgan fingerprint density at radius 3 is 2.89 bits per heavy atom. The van der Waals surface area contributed by atoms with Gasteiger partial charge in [0.05, 0.1) is 7.11 Å². The molecule has 2 rings (SSSR count). The van der Waals surface area contributed by atoms with Crippen molar-refractivity contribution in [1.29, 1.82) is 0 Å². The molecule has 0 spiro atoms. The second-order valence-corrected chi connectivity index (χ2v) is 4.34. The third-order valence-electron chi connectivity index (χ3n) is 3.06. The van der Waals surface area contributed by atoms with Crippen LogP contribution in [0.2, 0.25) is 0 Å². The van der Waals surface area contributed by atoms with E-state index < -0.39 is 0 Å². The quantitative estimate of drug-likeness (QED) is 0.881. The Kier molecular flexibility index (Phi) is 4.73. The Balaban J connectivity index is 1.97. The summed E-state index contributed by atoms with van der Waals surface area (Å²) in [5.74, 6) is 0.464. The molecule has 1 aromatic carbocycles. The van der Waals surface area contributed by atoms with Crippen molar-refractivity contribution < 1.29 is 9.13 Å². The van der Waals surface area contributed by atoms with Crippen LogP contribution in [-0.4, -0.2) is 44.7 Å². The van der Waals surface area contributed by atoms with Gasteiger partial charge in [0.1, 0.15) is 11.6 Å². The number of halogens is 1. The Morgan fingerprint density at radius 2 is 2.17 bits per heavy atom. The van der Waals surface area contributed by atoms with E-state index in [0.717, 1.165) is 38.3 Å². The lowest BCUT2D eigenvalue weighted by Crippen LogP contribution is -2.43. The van der Waals surface area contributed by atoms with Gasteiger partial charge in [0.25, 0.3) is 0 Å². The zero-order valence-corrected chi connectivity index (χ0v) is 10.7. The highest BCUT2D eigenvalue weighted by Crippen LogP contribution is 2.20. The number of methoxy groups -OCH3 is 1. The molecule has 1 N–H and O–H groups in total. The summed E-state index contributed by atoms with van der Waals surface area (Å²) < 4.78 is 18.4. The molecule has 1 aliphatic rings. The molecule has 0 bridgehead atoms. The predicted molar refractivity (Wildman–Crippen MR) is 71.3 cm³/mol. The van der Waals surface area contributed by atoms with Gasteiger partial charge in [-0.15, -0.1) is 0 Å². The summed E-state index contributed by atoms with van der Waals surface area (Å²) in [4.78, 5) is 2.36. The van der Waals surface area contributed by atoms with Gasteiger partial charge in [0.2, 0.25) is 0 Å². The minimum absolute atomic E-state index is 0.238. The summed E-state index contributed by atoms with van der Waals surface area (Å²) in [6.07, 6.45) is 3.98. The Morgan fingerprint density at radius 1 is 1.39 bits per heavy atom. The maximum absolute atomic E-state index is 13.2. The molecule has 1 aliphatic heterocycles. The molecule has 0 unspecified atom stereocenters. The molecule has 0 atom stereocenters. The summed E-state index contributed by atoms with van der Waals surface area (Å²) in [6.45, 7) is 5.09. The van der Waals surface area contributed by atoms with Crippen LogP contribution in [0.5, 0.6) is 5.75 Å². The third-order valence-corrected chi connectivity index (χ3v) is 3.06. The van der Waals surface area contributed by atoms with Gasteiger partial charge in [0, 0.05) is 38.3 Å². The number of nitrogens with one attached hydrogen (secondary N) is 1. The van der Waals surface area contributed by atoms with Crippen LogP contribution in [0.25, 0.3) is 6.08 Å². The lowest BCUT2D eigenvalue weighted by molar-refractivity contribution is 0.265. The van der Waals surface area contributed by atoms with E-state index in [-0.39, 0.29) is 5.82 Å². The number of hydrogen-bond donors (Lipinski definition) is 1. The zero-order valence-electron chi connectivity index (χ0n) is 10.7. The molecule has 18 heavy (non-hydrogen) atoms. The lowest BCUT2D eigenvalue weighted by atomic mass is 10.2. The third kappa shape index (κ3) is 3.55. The second kappa shape index (κ2) is 6.52. The summed E-state index contributed by atoms with van der Waals surface area (Å²) in [6, 6.07) is 4.55. The van der Waals surface area contributed by atoms with Gasteiger partial charge < -0.3 is 10.1 Å². The first-order valence-electron chi connectivity index (χ1n) is 6.23. The number of piperazine rings is 1. The van der Waals surface area contributed by atoms with Crippen LogP contribution < -0.4 is 10.1 Å². The van der Waals surface area contributed by atoms with Gasteiger partial charge in [-0.1, -0.05) is 12.2 Å². The summed E-state index contributed by atoms with van der Waals surface area (Å²) in [5, 5.41) is 3.31. The fraction of sp³-hybridized carbons (Fsp3) is 0.429. The molecule has 98 valence electrons. The number of nitrogens with zero attached hydrogens (tertiary/aromatic N) is 1. The van der Waals surface area contributed by atoms with Crippen molar-refractivity contribution in [2.24, 2.45) is 0 Å². The Hall–Kier alpha value is -1.39. The minimum atomic E-state index is -0.238. The topological polar surface area (TPSA) is 24.5 Å². The molecule has 4 heteroatoms. The fourth-order valence-corrected chi connectivity index (χ4v) is 2.06. The van der Waals surface area contributed by atoms with Crippen molar-refractivity contribution in [2.75, 3.05) is 39.8 Å². The number of ether oxygens (including phenoxy) is 1. The van der Waals surface area contributed by atoms with Gasteiger partial charge in [0.15, 0.2) is 0 Å². The van der Waals surface area contributed by atoms with Crippen LogP contribution in [0.4, 0.5) is 4.39 Å². The first kappa shape index (κ1) is 13.1. The number of rotatable bonds is 4. The van der Waals surface area contributed by atoms with E-state index in [2.05, 4.69) is 16.3 Å². The average molecular weight is 250 g/mol. The first-order chi connectivity index (χ1) is 8.79. The van der Waals surface area contributed by atoms with Crippen molar-refractivity contribution in [1.82, 2.24) is 10.2 Å². The Bertz CT molecular complexity index is 414. The Labute approximate surface area is 107 Å². The van der Waals surface area contributed by atoms with Crippen molar-refractivity contribution in [3.63, 3.8) is 0 Å². The SMILES string of the molecule is COc1ccc(F)cc1/C=C/CN1CCNCC1. The molecule has 1 saturated heterocycles. The highest BCUT2D eigenvalue weighted by atomic mass is 19.1. The normalized spacial score (nSPS) is 17.2. The van der Waals surface area contributed by atoms with Crippen LogP contribution in [0, 0.1) is 5.82 Å². The lowest BCUT2D eigenvalue weighted by Gasteiger charge is -2.25. The summed E-state index contributed by atoms with van der Waals surface area (Å²) in [5.41, 5.74) is 0.785. The van der Waals surface area contributed by atoms with Gasteiger partial charge in [-0.05, 0) is 18.2 Å². The van der Waals surface area contributed by atoms with Crippen LogP contribution >= 0.6 is 0 Å². The van der Waals surface area contributed by atoms with Crippen LogP contribution in [0.3, 0.4) is 0 Å². The molecule has 0 radical (unpaired) electrons. The molecular formula is C14H19FN2O. The van der Waals surface area contributed by atoms with Crippen molar-refractivity contribution in [3.05, 3.63) is 35.7 Å². The van der Waals surface area contributed by atoms with Gasteiger partial charge in [-0.2, -0.15) is 0 Å². The van der Waals surface area contributed by atoms with Crippen LogP contribution in [-0.2, 0) is 0 Å². The highest BCUT2D eigenvalue weighted by Gasteiger charge is 2.07. The van der Waals surface area contributed by atoms with E-state index in [0.29, 0.717) is 5.75 Å². The highest BCUT2D eigenvalue weighted by molar-refractivity contribution is 5.57. The maximum atomic E-state index is 13.2. The van der Waals surface area contributed by atoms with E-state index in [1.54, 1.807) is 13.2 Å². The van der Waals surface area contributed by atoms with E-state index in [9.17, 15) is 4.39 Å². The second-order valence-electron chi connectivity index (χ2n) is 4.34. The van der Waals surface area contributed by atoms with Gasteiger partial charge >= 0.3 is 0 Å². The molecule has 1 aromatic rings. The van der Waals surface area contributed by atoms with E-state index >= 15 is 0 Å². The van der Waals surface area contributed by atoms with E-state index in [1.807, 2.05) is 6.08 Å². The zero-order chi connectivity index (χ0) is 12.8. The molecule has 0 aromatic heterocycles. The fourth-order valence-electron chi connectivity index (χ4n) is 2.06. The monoisotopic (exact) mass is 250 g/mol. The van der Waals surface area contributed by atoms with Gasteiger partial charge in [-0.3, -0.25) is 4.90 Å². The number of hydrogen-bond acceptors (Lipinski definition) is 3. The molecular weight excluding hydrogens is 231 g/mol. The van der Waals surface area contributed by atoms with Gasteiger partial charge in [-0.25, -0.2) is 4.39 Å². The molecule has 0 amide bonds. The van der Waals surface area contributed by atoms with Crippen molar-refractivity contribution in [3.8, 4) is 5.75 Å². The van der Waals surface area contributed by atoms with Crippen LogP contribution in [0.15, 0.2) is 24.3 Å². The molecule has 0 aliphatic carbocycles. The maximum Gasteiger partial charge on any atom is 0.126 e. The van der Waals surface area contributed by atoms with Crippen molar-refractivity contribution >= 4 is 6.08 Å². The van der Waals surface area contributed by atoms with E-state index in [1.165, 1.54) is 12.1 Å². The first-order valence-corrected chi connectivity index (χ1v) is 6.23. The average Bonchev–Trinajstić information content (AvgIpc) is 2.40.